The Bertz CT molecular complexity index is 957. The largest absolute Gasteiger partial charge is 0.454 e. The van der Waals surface area contributed by atoms with Gasteiger partial charge in [-0.3, -0.25) is 9.59 Å². The molecule has 9 heteroatoms. The SMILES string of the molecule is O=C(CNC(=O)c1ccc(Cl)cc1)OCc1nc(-c2ccccc2Cl)no1. The Morgan fingerprint density at radius 2 is 1.81 bits per heavy atom. The van der Waals surface area contributed by atoms with E-state index < -0.39 is 11.9 Å². The third-order valence-electron chi connectivity index (χ3n) is 3.44. The molecule has 1 heterocycles. The first-order valence-electron chi connectivity index (χ1n) is 7.80. The van der Waals surface area contributed by atoms with E-state index in [0.29, 0.717) is 27.0 Å². The Morgan fingerprint density at radius 3 is 2.56 bits per heavy atom. The van der Waals surface area contributed by atoms with Gasteiger partial charge in [0, 0.05) is 16.1 Å². The topological polar surface area (TPSA) is 94.3 Å². The predicted octanol–water partition coefficient (Wildman–Crippen LogP) is 3.52. The lowest BCUT2D eigenvalue weighted by Crippen LogP contribution is -2.30. The van der Waals surface area contributed by atoms with Crippen LogP contribution >= 0.6 is 23.2 Å². The van der Waals surface area contributed by atoms with Crippen LogP contribution in [0.4, 0.5) is 0 Å². The van der Waals surface area contributed by atoms with E-state index in [1.807, 2.05) is 0 Å². The summed E-state index contributed by atoms with van der Waals surface area (Å²) < 4.78 is 10.0. The van der Waals surface area contributed by atoms with E-state index in [1.165, 1.54) is 0 Å². The Kier molecular flexibility index (Phi) is 6.05. The summed E-state index contributed by atoms with van der Waals surface area (Å²) in [6, 6.07) is 13.3. The zero-order valence-corrected chi connectivity index (χ0v) is 15.3. The van der Waals surface area contributed by atoms with Gasteiger partial charge < -0.3 is 14.6 Å². The highest BCUT2D eigenvalue weighted by Gasteiger charge is 2.14. The van der Waals surface area contributed by atoms with Crippen LogP contribution in [0.5, 0.6) is 0 Å². The summed E-state index contributed by atoms with van der Waals surface area (Å²) >= 11 is 11.8. The van der Waals surface area contributed by atoms with E-state index in [9.17, 15) is 9.59 Å². The Hall–Kier alpha value is -2.90. The number of hydrogen-bond donors (Lipinski definition) is 1. The molecule has 0 aliphatic carbocycles. The number of rotatable bonds is 6. The summed E-state index contributed by atoms with van der Waals surface area (Å²) in [7, 11) is 0. The molecule has 1 amide bonds. The number of ether oxygens (including phenoxy) is 1. The quantitative estimate of drug-likeness (QED) is 0.630. The molecule has 138 valence electrons. The highest BCUT2D eigenvalue weighted by molar-refractivity contribution is 6.33. The maximum atomic E-state index is 11.9. The zero-order chi connectivity index (χ0) is 19.2. The number of nitrogens with one attached hydrogen (secondary N) is 1. The minimum Gasteiger partial charge on any atom is -0.454 e. The monoisotopic (exact) mass is 405 g/mol. The van der Waals surface area contributed by atoms with E-state index in [4.69, 9.17) is 32.5 Å². The number of hydrogen-bond acceptors (Lipinski definition) is 6. The first kappa shape index (κ1) is 18.9. The maximum Gasteiger partial charge on any atom is 0.325 e. The smallest absolute Gasteiger partial charge is 0.325 e. The number of amides is 1. The molecule has 0 aliphatic heterocycles. The van der Waals surface area contributed by atoms with Crippen molar-refractivity contribution in [3.05, 3.63) is 70.0 Å². The molecule has 0 unspecified atom stereocenters. The van der Waals surface area contributed by atoms with Crippen LogP contribution in [0.25, 0.3) is 11.4 Å². The van der Waals surface area contributed by atoms with Gasteiger partial charge in [-0.25, -0.2) is 0 Å². The number of halogens is 2. The van der Waals surface area contributed by atoms with Gasteiger partial charge in [0.1, 0.15) is 6.54 Å². The molecule has 0 aliphatic rings. The number of benzene rings is 2. The van der Waals surface area contributed by atoms with Crippen molar-refractivity contribution in [2.75, 3.05) is 6.54 Å². The summed E-state index contributed by atoms with van der Waals surface area (Å²) in [5.41, 5.74) is 0.990. The van der Waals surface area contributed by atoms with Crippen molar-refractivity contribution in [2.24, 2.45) is 0 Å². The molecule has 1 N–H and O–H groups in total. The number of carbonyl (C=O) groups is 2. The van der Waals surface area contributed by atoms with Crippen LogP contribution in [-0.4, -0.2) is 28.6 Å². The van der Waals surface area contributed by atoms with Crippen LogP contribution in [0, 0.1) is 0 Å². The minimum atomic E-state index is -0.644. The van der Waals surface area contributed by atoms with Gasteiger partial charge in [-0.05, 0) is 36.4 Å². The fourth-order valence-corrected chi connectivity index (χ4v) is 2.46. The number of aromatic nitrogens is 2. The van der Waals surface area contributed by atoms with Crippen LogP contribution in [0.2, 0.25) is 10.0 Å². The van der Waals surface area contributed by atoms with E-state index in [0.717, 1.165) is 0 Å². The first-order chi connectivity index (χ1) is 13.0. The molecule has 0 radical (unpaired) electrons. The summed E-state index contributed by atoms with van der Waals surface area (Å²) in [4.78, 5) is 27.8. The second-order valence-electron chi connectivity index (χ2n) is 5.34. The lowest BCUT2D eigenvalue weighted by molar-refractivity contribution is -0.144. The Balaban J connectivity index is 1.49. The standard InChI is InChI=1S/C18H13Cl2N3O4/c19-12-7-5-11(6-8-12)18(25)21-9-16(24)26-10-15-22-17(23-27-15)13-3-1-2-4-14(13)20/h1-8H,9-10H2,(H,21,25). The highest BCUT2D eigenvalue weighted by atomic mass is 35.5. The summed E-state index contributed by atoms with van der Waals surface area (Å²) in [5.74, 6) is -0.651. The molecular weight excluding hydrogens is 393 g/mol. The lowest BCUT2D eigenvalue weighted by Gasteiger charge is -2.05. The highest BCUT2D eigenvalue weighted by Crippen LogP contribution is 2.24. The number of nitrogens with zero attached hydrogens (tertiary/aromatic N) is 2. The molecule has 0 spiro atoms. The van der Waals surface area contributed by atoms with Crippen LogP contribution < -0.4 is 5.32 Å². The molecule has 2 aromatic carbocycles. The summed E-state index contributed by atoms with van der Waals surface area (Å²) in [5, 5.41) is 7.25. The van der Waals surface area contributed by atoms with Crippen molar-refractivity contribution in [1.82, 2.24) is 15.5 Å². The molecule has 3 aromatic rings. The second-order valence-corrected chi connectivity index (χ2v) is 6.19. The van der Waals surface area contributed by atoms with Crippen molar-refractivity contribution in [3.8, 4) is 11.4 Å². The average molecular weight is 406 g/mol. The van der Waals surface area contributed by atoms with Crippen LogP contribution in [0.3, 0.4) is 0 Å². The summed E-state index contributed by atoms with van der Waals surface area (Å²) in [6.07, 6.45) is 0. The van der Waals surface area contributed by atoms with Gasteiger partial charge in [0.25, 0.3) is 11.8 Å². The van der Waals surface area contributed by atoms with Crippen molar-refractivity contribution >= 4 is 35.1 Å². The third-order valence-corrected chi connectivity index (χ3v) is 4.02. The molecule has 3 rings (SSSR count). The van der Waals surface area contributed by atoms with Gasteiger partial charge in [-0.1, -0.05) is 40.5 Å². The summed E-state index contributed by atoms with van der Waals surface area (Å²) in [6.45, 7) is -0.514. The minimum absolute atomic E-state index is 0.113. The van der Waals surface area contributed by atoms with Crippen LogP contribution in [0.1, 0.15) is 16.2 Å². The average Bonchev–Trinajstić information content (AvgIpc) is 3.14. The maximum absolute atomic E-state index is 11.9. The van der Waals surface area contributed by atoms with E-state index >= 15 is 0 Å². The molecule has 0 saturated carbocycles. The van der Waals surface area contributed by atoms with Gasteiger partial charge in [0.2, 0.25) is 5.82 Å². The van der Waals surface area contributed by atoms with Gasteiger partial charge in [0.05, 0.1) is 5.02 Å². The molecule has 7 nitrogen and oxygen atoms in total. The first-order valence-corrected chi connectivity index (χ1v) is 8.55. The molecule has 1 aromatic heterocycles. The van der Waals surface area contributed by atoms with Gasteiger partial charge in [0.15, 0.2) is 6.61 Å². The fourth-order valence-electron chi connectivity index (χ4n) is 2.11. The molecular formula is C18H13Cl2N3O4. The fraction of sp³-hybridized carbons (Fsp3) is 0.111. The third kappa shape index (κ3) is 5.06. The van der Waals surface area contributed by atoms with E-state index in [1.54, 1.807) is 48.5 Å². The van der Waals surface area contributed by atoms with Crippen molar-refractivity contribution in [1.29, 1.82) is 0 Å². The van der Waals surface area contributed by atoms with Gasteiger partial charge in [-0.15, -0.1) is 0 Å². The molecule has 0 atom stereocenters. The molecule has 27 heavy (non-hydrogen) atoms. The number of esters is 1. The number of carbonyl (C=O) groups excluding carboxylic acids is 2. The Labute approximate surface area is 164 Å². The predicted molar refractivity (Wildman–Crippen MR) is 98.3 cm³/mol. The van der Waals surface area contributed by atoms with Crippen molar-refractivity contribution in [2.45, 2.75) is 6.61 Å². The van der Waals surface area contributed by atoms with Gasteiger partial charge >= 0.3 is 5.97 Å². The van der Waals surface area contributed by atoms with E-state index in [-0.39, 0.29) is 19.0 Å². The molecule has 0 bridgehead atoms. The lowest BCUT2D eigenvalue weighted by atomic mass is 10.2. The molecule has 0 fully saturated rings. The van der Waals surface area contributed by atoms with Crippen molar-refractivity contribution in [3.63, 3.8) is 0 Å². The van der Waals surface area contributed by atoms with E-state index in [2.05, 4.69) is 15.5 Å². The normalized spacial score (nSPS) is 10.4. The van der Waals surface area contributed by atoms with Crippen LogP contribution in [-0.2, 0) is 16.1 Å². The van der Waals surface area contributed by atoms with Crippen LogP contribution in [0.15, 0.2) is 53.1 Å². The van der Waals surface area contributed by atoms with Gasteiger partial charge in [-0.2, -0.15) is 4.98 Å². The zero-order valence-electron chi connectivity index (χ0n) is 13.8. The molecule has 0 saturated heterocycles. The Morgan fingerprint density at radius 1 is 1.07 bits per heavy atom. The second kappa shape index (κ2) is 8.66. The van der Waals surface area contributed by atoms with Crippen molar-refractivity contribution < 1.29 is 18.8 Å².